The third kappa shape index (κ3) is 2.57. The highest BCUT2D eigenvalue weighted by molar-refractivity contribution is 5.78. The van der Waals surface area contributed by atoms with Gasteiger partial charge in [-0.2, -0.15) is 0 Å². The molecule has 0 fully saturated rings. The number of ether oxygens (including phenoxy) is 1. The van der Waals surface area contributed by atoms with Gasteiger partial charge in [0, 0.05) is 0 Å². The summed E-state index contributed by atoms with van der Waals surface area (Å²) in [5.41, 5.74) is 3.26. The Morgan fingerprint density at radius 1 is 1.40 bits per heavy atom. The quantitative estimate of drug-likeness (QED) is 0.767. The first kappa shape index (κ1) is 11.7. The first-order chi connectivity index (χ1) is 7.10. The predicted octanol–water partition coefficient (Wildman–Crippen LogP) is 1.74. The van der Waals surface area contributed by atoms with E-state index < -0.39 is 0 Å². The van der Waals surface area contributed by atoms with E-state index in [-0.39, 0.29) is 12.0 Å². The van der Waals surface area contributed by atoms with Gasteiger partial charge in [0.25, 0.3) is 0 Å². The summed E-state index contributed by atoms with van der Waals surface area (Å²) in [6.07, 6.45) is 0. The molecule has 1 N–H and O–H groups in total. The lowest BCUT2D eigenvalue weighted by Gasteiger charge is -2.16. The largest absolute Gasteiger partial charge is 0.468 e. The number of hydrogen-bond acceptors (Lipinski definition) is 3. The first-order valence-electron chi connectivity index (χ1n) is 4.92. The van der Waals surface area contributed by atoms with Crippen LogP contribution in [0.3, 0.4) is 0 Å². The van der Waals surface area contributed by atoms with Crippen LogP contribution in [-0.2, 0) is 9.53 Å². The molecule has 0 saturated carbocycles. The van der Waals surface area contributed by atoms with Gasteiger partial charge < -0.3 is 10.1 Å². The van der Waals surface area contributed by atoms with Crippen LogP contribution in [0.2, 0.25) is 0 Å². The Morgan fingerprint density at radius 2 is 2.07 bits per heavy atom. The van der Waals surface area contributed by atoms with Crippen molar-refractivity contribution in [2.75, 3.05) is 14.2 Å². The first-order valence-corrected chi connectivity index (χ1v) is 4.92. The van der Waals surface area contributed by atoms with Gasteiger partial charge in [-0.05, 0) is 32.0 Å². The molecule has 0 aliphatic carbocycles. The van der Waals surface area contributed by atoms with Gasteiger partial charge in [0.1, 0.15) is 6.04 Å². The van der Waals surface area contributed by atoms with Gasteiger partial charge in [-0.15, -0.1) is 0 Å². The van der Waals surface area contributed by atoms with E-state index in [0.29, 0.717) is 0 Å². The highest BCUT2D eigenvalue weighted by Crippen LogP contribution is 2.19. The van der Waals surface area contributed by atoms with Crippen molar-refractivity contribution in [3.8, 4) is 0 Å². The number of aryl methyl sites for hydroxylation is 2. The van der Waals surface area contributed by atoms with E-state index in [0.717, 1.165) is 11.1 Å². The smallest absolute Gasteiger partial charge is 0.327 e. The van der Waals surface area contributed by atoms with Gasteiger partial charge >= 0.3 is 5.97 Å². The summed E-state index contributed by atoms with van der Waals surface area (Å²) in [5, 5.41) is 2.95. The van der Waals surface area contributed by atoms with Crippen molar-refractivity contribution in [3.63, 3.8) is 0 Å². The van der Waals surface area contributed by atoms with Gasteiger partial charge in [-0.1, -0.05) is 23.8 Å². The van der Waals surface area contributed by atoms with Crippen LogP contribution in [0, 0.1) is 13.8 Å². The van der Waals surface area contributed by atoms with Crippen molar-refractivity contribution in [3.05, 3.63) is 34.9 Å². The van der Waals surface area contributed by atoms with Gasteiger partial charge in [0.05, 0.1) is 7.11 Å². The molecule has 1 rings (SSSR count). The van der Waals surface area contributed by atoms with Crippen LogP contribution in [0.15, 0.2) is 18.2 Å². The van der Waals surface area contributed by atoms with Gasteiger partial charge in [0.2, 0.25) is 0 Å². The molecule has 0 heterocycles. The Labute approximate surface area is 90.4 Å². The van der Waals surface area contributed by atoms with E-state index in [9.17, 15) is 4.79 Å². The lowest BCUT2D eigenvalue weighted by molar-refractivity contribution is -0.143. The number of benzene rings is 1. The number of nitrogens with one attached hydrogen (secondary N) is 1. The molecule has 0 radical (unpaired) electrons. The second kappa shape index (κ2) is 4.94. The minimum Gasteiger partial charge on any atom is -0.468 e. The molecule has 0 saturated heterocycles. The molecule has 0 spiro atoms. The fourth-order valence-corrected chi connectivity index (χ4v) is 1.67. The molecular weight excluding hydrogens is 190 g/mol. The number of esters is 1. The van der Waals surface area contributed by atoms with Gasteiger partial charge in [-0.25, -0.2) is 4.79 Å². The van der Waals surface area contributed by atoms with Crippen molar-refractivity contribution in [2.24, 2.45) is 0 Å². The zero-order valence-corrected chi connectivity index (χ0v) is 9.63. The minimum atomic E-state index is -0.379. The van der Waals surface area contributed by atoms with Crippen LogP contribution >= 0.6 is 0 Å². The Hall–Kier alpha value is -1.35. The molecule has 15 heavy (non-hydrogen) atoms. The Balaban J connectivity index is 3.07. The highest BCUT2D eigenvalue weighted by atomic mass is 16.5. The van der Waals surface area contributed by atoms with Crippen molar-refractivity contribution in [1.29, 1.82) is 0 Å². The molecular formula is C12H17NO2. The summed E-state index contributed by atoms with van der Waals surface area (Å²) in [7, 11) is 3.15. The molecule has 3 nitrogen and oxygen atoms in total. The SMILES string of the molecule is CNC(C(=O)OC)c1ccc(C)cc1C. The number of carbonyl (C=O) groups is 1. The molecule has 0 aromatic heterocycles. The second-order valence-electron chi connectivity index (χ2n) is 3.60. The fraction of sp³-hybridized carbons (Fsp3) is 0.417. The summed E-state index contributed by atoms with van der Waals surface area (Å²) in [5.74, 6) is -0.260. The maximum absolute atomic E-state index is 11.5. The van der Waals surface area contributed by atoms with Crippen molar-refractivity contribution in [2.45, 2.75) is 19.9 Å². The van der Waals surface area contributed by atoms with E-state index in [1.54, 1.807) is 7.05 Å². The maximum atomic E-state index is 11.5. The maximum Gasteiger partial charge on any atom is 0.327 e. The number of rotatable bonds is 3. The molecule has 1 aromatic carbocycles. The molecule has 1 unspecified atom stereocenters. The zero-order valence-electron chi connectivity index (χ0n) is 9.63. The van der Waals surface area contributed by atoms with E-state index >= 15 is 0 Å². The van der Waals surface area contributed by atoms with Crippen LogP contribution in [-0.4, -0.2) is 20.1 Å². The van der Waals surface area contributed by atoms with Gasteiger partial charge in [-0.3, -0.25) is 0 Å². The number of carbonyl (C=O) groups excluding carboxylic acids is 1. The summed E-state index contributed by atoms with van der Waals surface area (Å²) in [6.45, 7) is 4.03. The molecule has 0 aliphatic heterocycles. The normalized spacial score (nSPS) is 12.3. The molecule has 0 amide bonds. The number of hydrogen-bond donors (Lipinski definition) is 1. The molecule has 0 aliphatic rings. The Bertz CT molecular complexity index is 361. The molecule has 1 atom stereocenters. The van der Waals surface area contributed by atoms with Crippen molar-refractivity contribution >= 4 is 5.97 Å². The van der Waals surface area contributed by atoms with Crippen molar-refractivity contribution < 1.29 is 9.53 Å². The minimum absolute atomic E-state index is 0.260. The summed E-state index contributed by atoms with van der Waals surface area (Å²) in [4.78, 5) is 11.5. The van der Waals surface area contributed by atoms with Crippen LogP contribution < -0.4 is 5.32 Å². The summed E-state index contributed by atoms with van der Waals surface area (Å²) < 4.78 is 4.74. The topological polar surface area (TPSA) is 38.3 Å². The standard InChI is InChI=1S/C12H17NO2/c1-8-5-6-10(9(2)7-8)11(13-3)12(14)15-4/h5-7,11,13H,1-4H3. The predicted molar refractivity (Wildman–Crippen MR) is 59.7 cm³/mol. The van der Waals surface area contributed by atoms with E-state index in [2.05, 4.69) is 11.4 Å². The van der Waals surface area contributed by atoms with Crippen LogP contribution in [0.1, 0.15) is 22.7 Å². The van der Waals surface area contributed by atoms with Crippen molar-refractivity contribution in [1.82, 2.24) is 5.32 Å². The average Bonchev–Trinajstić information content (AvgIpc) is 2.21. The lowest BCUT2D eigenvalue weighted by Crippen LogP contribution is -2.27. The lowest BCUT2D eigenvalue weighted by atomic mass is 9.99. The van der Waals surface area contributed by atoms with E-state index in [1.807, 2.05) is 26.0 Å². The van der Waals surface area contributed by atoms with Crippen LogP contribution in [0.5, 0.6) is 0 Å². The highest BCUT2D eigenvalue weighted by Gasteiger charge is 2.20. The third-order valence-electron chi connectivity index (χ3n) is 2.46. The van der Waals surface area contributed by atoms with Crippen LogP contribution in [0.25, 0.3) is 0 Å². The number of likely N-dealkylation sites (N-methyl/N-ethyl adjacent to an activating group) is 1. The van der Waals surface area contributed by atoms with Crippen LogP contribution in [0.4, 0.5) is 0 Å². The summed E-state index contributed by atoms with van der Waals surface area (Å²) >= 11 is 0. The summed E-state index contributed by atoms with van der Waals surface area (Å²) in [6, 6.07) is 5.64. The monoisotopic (exact) mass is 207 g/mol. The average molecular weight is 207 g/mol. The number of methoxy groups -OCH3 is 1. The molecule has 0 bridgehead atoms. The fourth-order valence-electron chi connectivity index (χ4n) is 1.67. The molecule has 82 valence electrons. The molecule has 1 aromatic rings. The van der Waals surface area contributed by atoms with Gasteiger partial charge in [0.15, 0.2) is 0 Å². The van der Waals surface area contributed by atoms with E-state index in [1.165, 1.54) is 12.7 Å². The molecule has 3 heteroatoms. The Kier molecular flexibility index (Phi) is 3.86. The second-order valence-corrected chi connectivity index (χ2v) is 3.60. The third-order valence-corrected chi connectivity index (χ3v) is 2.46. The zero-order chi connectivity index (χ0) is 11.4. The Morgan fingerprint density at radius 3 is 2.53 bits per heavy atom. The van der Waals surface area contributed by atoms with E-state index in [4.69, 9.17) is 4.74 Å².